The number of nitrogens with one attached hydrogen (secondary N) is 1. The highest BCUT2D eigenvalue weighted by Gasteiger charge is 2.19. The Kier molecular flexibility index (Phi) is 5.65. The van der Waals surface area contributed by atoms with Crippen LogP contribution in [0.2, 0.25) is 0 Å². The molecule has 0 saturated heterocycles. The molecule has 1 heterocycles. The molecule has 0 aliphatic rings. The minimum absolute atomic E-state index is 0.0369. The summed E-state index contributed by atoms with van der Waals surface area (Å²) >= 11 is 0. The first-order chi connectivity index (χ1) is 15.3. The minimum Gasteiger partial charge on any atom is -0.403 e. The van der Waals surface area contributed by atoms with Gasteiger partial charge in [-0.2, -0.15) is 0 Å². The van der Waals surface area contributed by atoms with E-state index in [2.05, 4.69) is 15.5 Å². The van der Waals surface area contributed by atoms with Gasteiger partial charge in [-0.05, 0) is 24.3 Å². The van der Waals surface area contributed by atoms with Gasteiger partial charge in [0.25, 0.3) is 11.8 Å². The van der Waals surface area contributed by atoms with Gasteiger partial charge < -0.3 is 4.42 Å². The third-order valence-electron chi connectivity index (χ3n) is 4.61. The van der Waals surface area contributed by atoms with E-state index in [1.807, 2.05) is 6.07 Å². The lowest BCUT2D eigenvalue weighted by atomic mass is 10.0. The van der Waals surface area contributed by atoms with Crippen LogP contribution in [-0.4, -0.2) is 36.6 Å². The van der Waals surface area contributed by atoms with Gasteiger partial charge in [-0.15, -0.1) is 5.10 Å². The Labute approximate surface area is 183 Å². The first-order valence-electron chi connectivity index (χ1n) is 9.47. The largest absolute Gasteiger partial charge is 0.403 e. The molecule has 160 valence electrons. The average molecular weight is 447 g/mol. The fourth-order valence-corrected chi connectivity index (χ4v) is 3.93. The van der Waals surface area contributed by atoms with Crippen molar-refractivity contribution < 1.29 is 22.4 Å². The summed E-state index contributed by atoms with van der Waals surface area (Å²) < 4.78 is 29.4. The minimum atomic E-state index is -3.51. The zero-order valence-corrected chi connectivity index (χ0v) is 17.7. The number of rotatable bonds is 6. The molecule has 1 aromatic heterocycles. The zero-order chi connectivity index (χ0) is 22.7. The van der Waals surface area contributed by atoms with Crippen molar-refractivity contribution in [2.24, 2.45) is 0 Å². The van der Waals surface area contributed by atoms with Crippen molar-refractivity contribution in [3.63, 3.8) is 0 Å². The summed E-state index contributed by atoms with van der Waals surface area (Å²) in [4.78, 5) is 25.0. The van der Waals surface area contributed by atoms with E-state index in [-0.39, 0.29) is 33.7 Å². The summed E-state index contributed by atoms with van der Waals surface area (Å²) in [5.74, 6) is -0.705. The highest BCUT2D eigenvalue weighted by atomic mass is 32.2. The van der Waals surface area contributed by atoms with Gasteiger partial charge in [-0.3, -0.25) is 14.9 Å². The van der Waals surface area contributed by atoms with E-state index in [1.54, 1.807) is 48.5 Å². The lowest BCUT2D eigenvalue weighted by Crippen LogP contribution is -2.12. The molecule has 0 aliphatic carbocycles. The Hall–Kier alpha value is -4.11. The number of anilines is 1. The molecule has 4 aromatic rings. The van der Waals surface area contributed by atoms with E-state index in [0.717, 1.165) is 6.26 Å². The predicted octanol–water partition coefficient (Wildman–Crippen LogP) is 3.62. The van der Waals surface area contributed by atoms with Crippen LogP contribution in [-0.2, 0) is 9.84 Å². The fourth-order valence-electron chi connectivity index (χ4n) is 3.05. The highest BCUT2D eigenvalue weighted by Crippen LogP contribution is 2.27. The topological polar surface area (TPSA) is 119 Å². The molecule has 0 spiro atoms. The number of aromatic nitrogens is 2. The van der Waals surface area contributed by atoms with Crippen LogP contribution in [0.3, 0.4) is 0 Å². The summed E-state index contributed by atoms with van der Waals surface area (Å²) in [6.45, 7) is 0. The SMILES string of the molecule is CS(=O)(=O)c1ccccc1-c1nnc(NC(=O)c2ccc(C(=O)c3ccccc3)cc2)o1. The van der Waals surface area contributed by atoms with Crippen molar-refractivity contribution in [3.8, 4) is 11.5 Å². The van der Waals surface area contributed by atoms with Crippen molar-refractivity contribution >= 4 is 27.5 Å². The van der Waals surface area contributed by atoms with Crippen molar-refractivity contribution in [3.05, 3.63) is 95.6 Å². The second kappa shape index (κ2) is 8.56. The number of carbonyl (C=O) groups excluding carboxylic acids is 2. The van der Waals surface area contributed by atoms with Gasteiger partial charge in [0.2, 0.25) is 0 Å². The molecular weight excluding hydrogens is 430 g/mol. The maximum absolute atomic E-state index is 12.5. The van der Waals surface area contributed by atoms with Crippen LogP contribution in [0, 0.1) is 0 Å². The Morgan fingerprint density at radius 1 is 0.781 bits per heavy atom. The summed E-state index contributed by atoms with van der Waals surface area (Å²) in [5.41, 5.74) is 1.53. The first-order valence-corrected chi connectivity index (χ1v) is 11.4. The Balaban J connectivity index is 1.50. The van der Waals surface area contributed by atoms with Crippen LogP contribution in [0.15, 0.2) is 88.2 Å². The van der Waals surface area contributed by atoms with Crippen LogP contribution in [0.1, 0.15) is 26.3 Å². The first kappa shape index (κ1) is 21.1. The molecule has 1 amide bonds. The number of nitrogens with zero attached hydrogens (tertiary/aromatic N) is 2. The standard InChI is InChI=1S/C23H17N3O5S/c1-32(29,30)19-10-6-5-9-18(19)22-25-26-23(31-22)24-21(28)17-13-11-16(12-14-17)20(27)15-7-3-2-4-8-15/h2-14H,1H3,(H,24,26,28). The van der Waals surface area contributed by atoms with Gasteiger partial charge in [-0.25, -0.2) is 8.42 Å². The van der Waals surface area contributed by atoms with E-state index in [0.29, 0.717) is 11.1 Å². The van der Waals surface area contributed by atoms with E-state index in [1.165, 1.54) is 24.3 Å². The molecule has 0 unspecified atom stereocenters. The highest BCUT2D eigenvalue weighted by molar-refractivity contribution is 7.90. The molecule has 0 bridgehead atoms. The quantitative estimate of drug-likeness (QED) is 0.448. The third kappa shape index (κ3) is 4.47. The zero-order valence-electron chi connectivity index (χ0n) is 16.8. The number of hydrogen-bond acceptors (Lipinski definition) is 7. The second-order valence-corrected chi connectivity index (χ2v) is 8.89. The van der Waals surface area contributed by atoms with Gasteiger partial charge in [-0.1, -0.05) is 59.7 Å². The molecule has 0 fully saturated rings. The normalized spacial score (nSPS) is 11.2. The smallest absolute Gasteiger partial charge is 0.322 e. The molecule has 0 radical (unpaired) electrons. The van der Waals surface area contributed by atoms with Crippen LogP contribution in [0.25, 0.3) is 11.5 Å². The number of sulfone groups is 1. The Morgan fingerprint density at radius 2 is 1.38 bits per heavy atom. The van der Waals surface area contributed by atoms with Gasteiger partial charge in [0.1, 0.15) is 0 Å². The molecule has 9 heteroatoms. The summed E-state index contributed by atoms with van der Waals surface area (Å²) in [6, 6.07) is 21.0. The van der Waals surface area contributed by atoms with Gasteiger partial charge >= 0.3 is 6.01 Å². The fraction of sp³-hybridized carbons (Fsp3) is 0.0435. The summed E-state index contributed by atoms with van der Waals surface area (Å²) in [7, 11) is -3.51. The molecule has 0 saturated carbocycles. The van der Waals surface area contributed by atoms with Crippen LogP contribution in [0.5, 0.6) is 0 Å². The number of benzene rings is 3. The lowest BCUT2D eigenvalue weighted by Gasteiger charge is -2.04. The molecule has 3 aromatic carbocycles. The van der Waals surface area contributed by atoms with Crippen molar-refractivity contribution in [2.75, 3.05) is 11.6 Å². The third-order valence-corrected chi connectivity index (χ3v) is 5.76. The maximum Gasteiger partial charge on any atom is 0.322 e. The molecule has 0 atom stereocenters. The molecule has 32 heavy (non-hydrogen) atoms. The Morgan fingerprint density at radius 3 is 2.06 bits per heavy atom. The monoisotopic (exact) mass is 447 g/mol. The molecule has 1 N–H and O–H groups in total. The van der Waals surface area contributed by atoms with E-state index >= 15 is 0 Å². The average Bonchev–Trinajstić information content (AvgIpc) is 3.27. The van der Waals surface area contributed by atoms with Gasteiger partial charge in [0.15, 0.2) is 15.6 Å². The Bertz CT molecular complexity index is 1400. The van der Waals surface area contributed by atoms with Crippen molar-refractivity contribution in [2.45, 2.75) is 4.90 Å². The number of amides is 1. The van der Waals surface area contributed by atoms with Crippen molar-refractivity contribution in [1.82, 2.24) is 10.2 Å². The summed E-state index contributed by atoms with van der Waals surface area (Å²) in [5, 5.41) is 10.1. The number of hydrogen-bond donors (Lipinski definition) is 1. The molecule has 0 aliphatic heterocycles. The maximum atomic E-state index is 12.5. The molecular formula is C23H17N3O5S. The summed E-state index contributed by atoms with van der Waals surface area (Å²) in [6.07, 6.45) is 1.08. The van der Waals surface area contributed by atoms with E-state index < -0.39 is 15.7 Å². The predicted molar refractivity (Wildman–Crippen MR) is 117 cm³/mol. The number of carbonyl (C=O) groups is 2. The number of ketones is 1. The van der Waals surface area contributed by atoms with Gasteiger partial charge in [0, 0.05) is 22.9 Å². The lowest BCUT2D eigenvalue weighted by molar-refractivity contribution is 0.101. The molecule has 8 nitrogen and oxygen atoms in total. The van der Waals surface area contributed by atoms with Gasteiger partial charge in [0.05, 0.1) is 10.5 Å². The molecule has 4 rings (SSSR count). The van der Waals surface area contributed by atoms with Crippen molar-refractivity contribution in [1.29, 1.82) is 0 Å². The van der Waals surface area contributed by atoms with Crippen LogP contribution >= 0.6 is 0 Å². The second-order valence-electron chi connectivity index (χ2n) is 6.91. The van der Waals surface area contributed by atoms with E-state index in [4.69, 9.17) is 4.42 Å². The van der Waals surface area contributed by atoms with Crippen LogP contribution in [0.4, 0.5) is 6.01 Å². The van der Waals surface area contributed by atoms with E-state index in [9.17, 15) is 18.0 Å². The van der Waals surface area contributed by atoms with Crippen LogP contribution < -0.4 is 5.32 Å².